The lowest BCUT2D eigenvalue weighted by atomic mass is 10.1. The van der Waals surface area contributed by atoms with E-state index in [-0.39, 0.29) is 23.4 Å². The molecule has 0 aliphatic carbocycles. The fourth-order valence-corrected chi connectivity index (χ4v) is 2.98. The van der Waals surface area contributed by atoms with Crippen molar-refractivity contribution in [2.24, 2.45) is 0 Å². The first-order chi connectivity index (χ1) is 14.8. The zero-order valence-electron chi connectivity index (χ0n) is 16.2. The van der Waals surface area contributed by atoms with Gasteiger partial charge in [0.1, 0.15) is 17.9 Å². The number of rotatable bonds is 5. The number of amides is 4. The standard InChI is InChI=1S/C22H15ClN2O6/c1-3-10-31-18-9-6-15(23)11-14(18)12-17-19(26)24-22(29)25(20(17)27)16-7-4-13(5-8-16)21(28)30-2/h1,4-9,11-12H,10H2,2H3,(H,24,26,29)/b17-12+. The van der Waals surface area contributed by atoms with Gasteiger partial charge in [-0.05, 0) is 48.5 Å². The van der Waals surface area contributed by atoms with Crippen LogP contribution in [0, 0.1) is 12.3 Å². The second-order valence-corrected chi connectivity index (χ2v) is 6.61. The van der Waals surface area contributed by atoms with E-state index in [1.165, 1.54) is 43.5 Å². The Labute approximate surface area is 182 Å². The van der Waals surface area contributed by atoms with Crippen LogP contribution in [-0.2, 0) is 14.3 Å². The molecule has 0 radical (unpaired) electrons. The second kappa shape index (κ2) is 9.15. The van der Waals surface area contributed by atoms with Crippen LogP contribution >= 0.6 is 11.6 Å². The van der Waals surface area contributed by atoms with Crippen LogP contribution in [0.2, 0.25) is 5.02 Å². The van der Waals surface area contributed by atoms with Crippen molar-refractivity contribution in [1.82, 2.24) is 5.32 Å². The number of anilines is 1. The zero-order chi connectivity index (χ0) is 22.5. The summed E-state index contributed by atoms with van der Waals surface area (Å²) in [6.07, 6.45) is 6.47. The molecular formula is C22H15ClN2O6. The molecule has 2 aromatic carbocycles. The fourth-order valence-electron chi connectivity index (χ4n) is 2.79. The number of methoxy groups -OCH3 is 1. The Hall–Kier alpha value is -4.09. The summed E-state index contributed by atoms with van der Waals surface area (Å²) >= 11 is 6.03. The molecular weight excluding hydrogens is 424 g/mol. The number of carbonyl (C=O) groups is 4. The highest BCUT2D eigenvalue weighted by Crippen LogP contribution is 2.28. The van der Waals surface area contributed by atoms with Crippen LogP contribution in [0.25, 0.3) is 6.08 Å². The lowest BCUT2D eigenvalue weighted by Crippen LogP contribution is -2.54. The Balaban J connectivity index is 2.00. The van der Waals surface area contributed by atoms with Crippen molar-refractivity contribution in [2.45, 2.75) is 0 Å². The van der Waals surface area contributed by atoms with Crippen LogP contribution in [-0.4, -0.2) is 37.5 Å². The van der Waals surface area contributed by atoms with Gasteiger partial charge in [0, 0.05) is 10.6 Å². The molecule has 1 saturated heterocycles. The molecule has 0 bridgehead atoms. The van der Waals surface area contributed by atoms with E-state index in [0.29, 0.717) is 16.3 Å². The Bertz CT molecular complexity index is 1150. The first kappa shape index (κ1) is 21.6. The molecule has 31 heavy (non-hydrogen) atoms. The number of benzene rings is 2. The molecule has 4 amide bonds. The van der Waals surface area contributed by atoms with Crippen molar-refractivity contribution in [3.63, 3.8) is 0 Å². The van der Waals surface area contributed by atoms with Gasteiger partial charge in [-0.1, -0.05) is 17.5 Å². The first-order valence-electron chi connectivity index (χ1n) is 8.81. The summed E-state index contributed by atoms with van der Waals surface area (Å²) in [7, 11) is 1.23. The lowest BCUT2D eigenvalue weighted by Gasteiger charge is -2.26. The molecule has 1 aliphatic rings. The minimum Gasteiger partial charge on any atom is -0.480 e. The van der Waals surface area contributed by atoms with Crippen LogP contribution in [0.3, 0.4) is 0 Å². The number of halogens is 1. The number of carbonyl (C=O) groups excluding carboxylic acids is 4. The summed E-state index contributed by atoms with van der Waals surface area (Å²) in [5, 5.41) is 2.46. The number of esters is 1. The van der Waals surface area contributed by atoms with E-state index in [0.717, 1.165) is 4.90 Å². The monoisotopic (exact) mass is 438 g/mol. The quantitative estimate of drug-likeness (QED) is 0.333. The van der Waals surface area contributed by atoms with E-state index in [1.54, 1.807) is 12.1 Å². The number of terminal acetylenes is 1. The predicted octanol–water partition coefficient (Wildman–Crippen LogP) is 2.81. The minimum atomic E-state index is -0.923. The summed E-state index contributed by atoms with van der Waals surface area (Å²) in [5.41, 5.74) is 0.404. The van der Waals surface area contributed by atoms with Gasteiger partial charge >= 0.3 is 12.0 Å². The predicted molar refractivity (Wildman–Crippen MR) is 113 cm³/mol. The highest BCUT2D eigenvalue weighted by atomic mass is 35.5. The smallest absolute Gasteiger partial charge is 0.337 e. The topological polar surface area (TPSA) is 102 Å². The molecule has 0 aromatic heterocycles. The van der Waals surface area contributed by atoms with Crippen LogP contribution in [0.5, 0.6) is 5.75 Å². The summed E-state index contributed by atoms with van der Waals surface area (Å²) < 4.78 is 10.0. The van der Waals surface area contributed by atoms with Crippen LogP contribution < -0.4 is 15.0 Å². The van der Waals surface area contributed by atoms with Gasteiger partial charge in [0.05, 0.1) is 18.4 Å². The number of barbiturate groups is 1. The summed E-state index contributed by atoms with van der Waals surface area (Å²) in [5.74, 6) is 0.323. The molecule has 9 heteroatoms. The van der Waals surface area contributed by atoms with Crippen LogP contribution in [0.15, 0.2) is 48.0 Å². The Morgan fingerprint density at radius 2 is 1.90 bits per heavy atom. The van der Waals surface area contributed by atoms with Gasteiger partial charge in [-0.15, -0.1) is 6.42 Å². The number of hydrogen-bond acceptors (Lipinski definition) is 6. The van der Waals surface area contributed by atoms with Gasteiger partial charge in [-0.25, -0.2) is 14.5 Å². The second-order valence-electron chi connectivity index (χ2n) is 6.17. The molecule has 1 aliphatic heterocycles. The molecule has 3 rings (SSSR count). The molecule has 0 spiro atoms. The molecule has 1 heterocycles. The van der Waals surface area contributed by atoms with Crippen LogP contribution in [0.1, 0.15) is 15.9 Å². The summed E-state index contributed by atoms with van der Waals surface area (Å²) in [6, 6.07) is 9.24. The summed E-state index contributed by atoms with van der Waals surface area (Å²) in [6.45, 7) is -0.0326. The van der Waals surface area contributed by atoms with Gasteiger partial charge in [0.25, 0.3) is 11.8 Å². The number of nitrogens with one attached hydrogen (secondary N) is 1. The number of hydrogen-bond donors (Lipinski definition) is 1. The van der Waals surface area contributed by atoms with Gasteiger partial charge in [0.15, 0.2) is 0 Å². The third-order valence-electron chi connectivity index (χ3n) is 4.23. The van der Waals surface area contributed by atoms with E-state index >= 15 is 0 Å². The molecule has 0 atom stereocenters. The lowest BCUT2D eigenvalue weighted by molar-refractivity contribution is -0.122. The van der Waals surface area contributed by atoms with E-state index in [4.69, 9.17) is 22.8 Å². The average molecular weight is 439 g/mol. The number of nitrogens with zero attached hydrogens (tertiary/aromatic N) is 1. The molecule has 0 unspecified atom stereocenters. The maximum atomic E-state index is 13.0. The average Bonchev–Trinajstić information content (AvgIpc) is 2.75. The van der Waals surface area contributed by atoms with Gasteiger partial charge in [0.2, 0.25) is 0 Å². The SMILES string of the molecule is C#CCOc1ccc(Cl)cc1/C=C1\C(=O)NC(=O)N(c2ccc(C(=O)OC)cc2)C1=O. The van der Waals surface area contributed by atoms with Gasteiger partial charge in [-0.2, -0.15) is 0 Å². The molecule has 2 aromatic rings. The highest BCUT2D eigenvalue weighted by Gasteiger charge is 2.37. The molecule has 0 saturated carbocycles. The minimum absolute atomic E-state index is 0.0326. The highest BCUT2D eigenvalue weighted by molar-refractivity contribution is 6.39. The van der Waals surface area contributed by atoms with Crippen molar-refractivity contribution in [2.75, 3.05) is 18.6 Å². The van der Waals surface area contributed by atoms with Crippen LogP contribution in [0.4, 0.5) is 10.5 Å². The Morgan fingerprint density at radius 1 is 1.19 bits per heavy atom. The number of ether oxygens (including phenoxy) is 2. The zero-order valence-corrected chi connectivity index (χ0v) is 16.9. The normalized spacial score (nSPS) is 14.8. The maximum Gasteiger partial charge on any atom is 0.337 e. The van der Waals surface area contributed by atoms with E-state index in [2.05, 4.69) is 16.0 Å². The third kappa shape index (κ3) is 4.57. The van der Waals surface area contributed by atoms with Crippen molar-refractivity contribution >= 4 is 47.2 Å². The van der Waals surface area contributed by atoms with Crippen molar-refractivity contribution in [3.8, 4) is 18.1 Å². The first-order valence-corrected chi connectivity index (χ1v) is 9.19. The Morgan fingerprint density at radius 3 is 2.55 bits per heavy atom. The van der Waals surface area contributed by atoms with Crippen molar-refractivity contribution in [3.05, 3.63) is 64.2 Å². The molecule has 1 N–H and O–H groups in total. The van der Waals surface area contributed by atoms with Gasteiger partial charge in [-0.3, -0.25) is 14.9 Å². The fraction of sp³-hybridized carbons (Fsp3) is 0.0909. The van der Waals surface area contributed by atoms with E-state index in [9.17, 15) is 19.2 Å². The van der Waals surface area contributed by atoms with E-state index < -0.39 is 23.8 Å². The van der Waals surface area contributed by atoms with Crippen molar-refractivity contribution < 1.29 is 28.7 Å². The Kier molecular flexibility index (Phi) is 6.38. The summed E-state index contributed by atoms with van der Waals surface area (Å²) in [4.78, 5) is 50.1. The molecule has 156 valence electrons. The third-order valence-corrected chi connectivity index (χ3v) is 4.47. The van der Waals surface area contributed by atoms with E-state index in [1.807, 2.05) is 0 Å². The van der Waals surface area contributed by atoms with Gasteiger partial charge < -0.3 is 9.47 Å². The molecule has 8 nitrogen and oxygen atoms in total. The largest absolute Gasteiger partial charge is 0.480 e. The van der Waals surface area contributed by atoms with Crippen molar-refractivity contribution in [1.29, 1.82) is 0 Å². The molecule has 1 fully saturated rings. The maximum absolute atomic E-state index is 13.0. The number of urea groups is 1. The number of imide groups is 2.